The van der Waals surface area contributed by atoms with E-state index in [0.717, 1.165) is 38.3 Å². The van der Waals surface area contributed by atoms with E-state index in [0.29, 0.717) is 0 Å². The standard InChI is InChI=1S/C13H25N5O/c1-4-13(2,18-5-7-19-8-6-18)12(16-14)11-9-15-17(3)10-11/h9-10,12,16H,4-8,14H2,1-3H3. The van der Waals surface area contributed by atoms with E-state index >= 15 is 0 Å². The van der Waals surface area contributed by atoms with Gasteiger partial charge in [0.05, 0.1) is 25.5 Å². The highest BCUT2D eigenvalue weighted by atomic mass is 16.5. The molecule has 0 amide bonds. The lowest BCUT2D eigenvalue weighted by atomic mass is 9.84. The van der Waals surface area contributed by atoms with E-state index in [2.05, 4.69) is 29.3 Å². The van der Waals surface area contributed by atoms with Crippen LogP contribution in [0.25, 0.3) is 0 Å². The van der Waals surface area contributed by atoms with Gasteiger partial charge in [-0.05, 0) is 13.3 Å². The maximum Gasteiger partial charge on any atom is 0.0671 e. The molecule has 0 radical (unpaired) electrons. The van der Waals surface area contributed by atoms with E-state index in [-0.39, 0.29) is 11.6 Å². The van der Waals surface area contributed by atoms with Gasteiger partial charge in [0.2, 0.25) is 0 Å². The molecule has 0 spiro atoms. The first-order chi connectivity index (χ1) is 9.11. The Morgan fingerprint density at radius 3 is 2.68 bits per heavy atom. The predicted octanol–water partition coefficient (Wildman–Crippen LogP) is 0.425. The molecule has 19 heavy (non-hydrogen) atoms. The third-order valence-electron chi connectivity index (χ3n) is 4.30. The summed E-state index contributed by atoms with van der Waals surface area (Å²) in [4.78, 5) is 2.47. The zero-order valence-electron chi connectivity index (χ0n) is 12.1. The van der Waals surface area contributed by atoms with Crippen LogP contribution in [0, 0.1) is 0 Å². The molecule has 0 saturated carbocycles. The second kappa shape index (κ2) is 6.00. The number of hydrazine groups is 1. The Balaban J connectivity index is 2.25. The van der Waals surface area contributed by atoms with Crippen LogP contribution < -0.4 is 11.3 Å². The van der Waals surface area contributed by atoms with Crippen molar-refractivity contribution in [2.75, 3.05) is 26.3 Å². The monoisotopic (exact) mass is 267 g/mol. The lowest BCUT2D eigenvalue weighted by Gasteiger charge is -2.47. The number of morpholine rings is 1. The van der Waals surface area contributed by atoms with Gasteiger partial charge in [-0.2, -0.15) is 5.10 Å². The summed E-state index contributed by atoms with van der Waals surface area (Å²) in [5.74, 6) is 5.84. The Labute approximate surface area is 114 Å². The lowest BCUT2D eigenvalue weighted by Crippen LogP contribution is -2.58. The topological polar surface area (TPSA) is 68.3 Å². The summed E-state index contributed by atoms with van der Waals surface area (Å²) in [6.45, 7) is 7.94. The Bertz CT molecular complexity index is 401. The largest absolute Gasteiger partial charge is 0.379 e. The molecule has 2 unspecified atom stereocenters. The minimum absolute atomic E-state index is 0.0401. The van der Waals surface area contributed by atoms with E-state index in [1.165, 1.54) is 0 Å². The molecule has 108 valence electrons. The van der Waals surface area contributed by atoms with Crippen molar-refractivity contribution in [3.05, 3.63) is 18.0 Å². The van der Waals surface area contributed by atoms with Crippen molar-refractivity contribution in [3.8, 4) is 0 Å². The van der Waals surface area contributed by atoms with Gasteiger partial charge in [-0.3, -0.25) is 20.9 Å². The van der Waals surface area contributed by atoms with Gasteiger partial charge in [-0.15, -0.1) is 0 Å². The number of aryl methyl sites for hydroxylation is 1. The molecule has 1 saturated heterocycles. The molecule has 3 N–H and O–H groups in total. The maximum atomic E-state index is 5.84. The van der Waals surface area contributed by atoms with Crippen LogP contribution in [0.4, 0.5) is 0 Å². The van der Waals surface area contributed by atoms with Gasteiger partial charge >= 0.3 is 0 Å². The van der Waals surface area contributed by atoms with Crippen molar-refractivity contribution in [1.82, 2.24) is 20.1 Å². The Hall–Kier alpha value is -0.950. The van der Waals surface area contributed by atoms with Crippen molar-refractivity contribution in [2.24, 2.45) is 12.9 Å². The van der Waals surface area contributed by atoms with E-state index < -0.39 is 0 Å². The van der Waals surface area contributed by atoms with Crippen LogP contribution in [-0.4, -0.2) is 46.5 Å². The fourth-order valence-corrected chi connectivity index (χ4v) is 2.91. The minimum Gasteiger partial charge on any atom is -0.379 e. The second-order valence-corrected chi connectivity index (χ2v) is 5.36. The first-order valence-corrected chi connectivity index (χ1v) is 6.89. The molecule has 0 aliphatic carbocycles. The second-order valence-electron chi connectivity index (χ2n) is 5.36. The maximum absolute atomic E-state index is 5.84. The summed E-state index contributed by atoms with van der Waals surface area (Å²) in [6.07, 6.45) is 4.93. The molecule has 0 aromatic carbocycles. The Morgan fingerprint density at radius 1 is 1.53 bits per heavy atom. The van der Waals surface area contributed by atoms with Crippen LogP contribution in [0.3, 0.4) is 0 Å². The molecule has 6 heteroatoms. The fraction of sp³-hybridized carbons (Fsp3) is 0.769. The Kier molecular flexibility index (Phi) is 4.57. The zero-order valence-corrected chi connectivity index (χ0v) is 12.1. The molecular formula is C13H25N5O. The summed E-state index contributed by atoms with van der Waals surface area (Å²) in [5, 5.41) is 4.26. The normalized spacial score (nSPS) is 22.1. The minimum atomic E-state index is -0.0401. The number of aromatic nitrogens is 2. The number of hydrogen-bond donors (Lipinski definition) is 2. The molecule has 2 rings (SSSR count). The highest BCUT2D eigenvalue weighted by Gasteiger charge is 2.39. The number of hydrogen-bond acceptors (Lipinski definition) is 5. The van der Waals surface area contributed by atoms with E-state index in [4.69, 9.17) is 10.6 Å². The van der Waals surface area contributed by atoms with Crippen molar-refractivity contribution in [1.29, 1.82) is 0 Å². The van der Waals surface area contributed by atoms with Crippen LogP contribution in [-0.2, 0) is 11.8 Å². The highest BCUT2D eigenvalue weighted by molar-refractivity contribution is 5.17. The van der Waals surface area contributed by atoms with Gasteiger partial charge in [0, 0.05) is 37.4 Å². The molecule has 0 bridgehead atoms. The quantitative estimate of drug-likeness (QED) is 0.598. The van der Waals surface area contributed by atoms with Gasteiger partial charge in [0.15, 0.2) is 0 Å². The van der Waals surface area contributed by atoms with E-state index in [1.807, 2.05) is 24.1 Å². The molecule has 1 aromatic rings. The molecule has 1 aliphatic rings. The average Bonchev–Trinajstić information content (AvgIpc) is 2.86. The lowest BCUT2D eigenvalue weighted by molar-refractivity contribution is -0.0329. The van der Waals surface area contributed by atoms with Crippen molar-refractivity contribution in [3.63, 3.8) is 0 Å². The number of nitrogens with two attached hydrogens (primary N) is 1. The molecule has 2 heterocycles. The third kappa shape index (κ3) is 2.81. The fourth-order valence-electron chi connectivity index (χ4n) is 2.91. The zero-order chi connectivity index (χ0) is 13.9. The molecular weight excluding hydrogens is 242 g/mol. The van der Waals surface area contributed by atoms with Crippen LogP contribution in [0.15, 0.2) is 12.4 Å². The number of ether oxygens (including phenoxy) is 1. The van der Waals surface area contributed by atoms with E-state index in [9.17, 15) is 0 Å². The highest BCUT2D eigenvalue weighted by Crippen LogP contribution is 2.34. The van der Waals surface area contributed by atoms with Gasteiger partial charge in [0.1, 0.15) is 0 Å². The average molecular weight is 267 g/mol. The van der Waals surface area contributed by atoms with Crippen molar-refractivity contribution < 1.29 is 4.74 Å². The number of nitrogens with one attached hydrogen (secondary N) is 1. The Morgan fingerprint density at radius 2 is 2.21 bits per heavy atom. The summed E-state index contributed by atoms with van der Waals surface area (Å²) in [7, 11) is 1.93. The SMILES string of the molecule is CCC(C)(C(NN)c1cnn(C)c1)N1CCOCC1. The molecule has 2 atom stereocenters. The molecule has 1 aromatic heterocycles. The summed E-state index contributed by atoms with van der Waals surface area (Å²) in [6, 6.07) is 0.0595. The van der Waals surface area contributed by atoms with Crippen LogP contribution in [0.2, 0.25) is 0 Å². The first kappa shape index (κ1) is 14.5. The molecule has 1 aliphatic heterocycles. The smallest absolute Gasteiger partial charge is 0.0671 e. The van der Waals surface area contributed by atoms with Crippen molar-refractivity contribution >= 4 is 0 Å². The predicted molar refractivity (Wildman–Crippen MR) is 74.4 cm³/mol. The molecule has 1 fully saturated rings. The van der Waals surface area contributed by atoms with Gasteiger partial charge in [-0.1, -0.05) is 6.92 Å². The van der Waals surface area contributed by atoms with Crippen LogP contribution in [0.5, 0.6) is 0 Å². The number of rotatable bonds is 5. The first-order valence-electron chi connectivity index (χ1n) is 6.89. The van der Waals surface area contributed by atoms with Crippen molar-refractivity contribution in [2.45, 2.75) is 31.8 Å². The summed E-state index contributed by atoms with van der Waals surface area (Å²) in [5.41, 5.74) is 4.07. The van der Waals surface area contributed by atoms with E-state index in [1.54, 1.807) is 0 Å². The van der Waals surface area contributed by atoms with Gasteiger partial charge < -0.3 is 4.74 Å². The van der Waals surface area contributed by atoms with Gasteiger partial charge in [-0.25, -0.2) is 0 Å². The van der Waals surface area contributed by atoms with Crippen LogP contribution >= 0.6 is 0 Å². The molecule has 6 nitrogen and oxygen atoms in total. The summed E-state index contributed by atoms with van der Waals surface area (Å²) < 4.78 is 7.27. The third-order valence-corrected chi connectivity index (χ3v) is 4.30. The number of nitrogens with zero attached hydrogens (tertiary/aromatic N) is 3. The van der Waals surface area contributed by atoms with Crippen LogP contribution in [0.1, 0.15) is 31.9 Å². The van der Waals surface area contributed by atoms with Gasteiger partial charge in [0.25, 0.3) is 0 Å². The summed E-state index contributed by atoms with van der Waals surface area (Å²) >= 11 is 0.